The number of nitrogens with two attached hydrogens (primary N) is 1. The number of rotatable bonds is 5. The Kier molecular flexibility index (Phi) is 5.92. The molecule has 0 radical (unpaired) electrons. The molecule has 0 saturated carbocycles. The molecule has 0 aliphatic heterocycles. The lowest BCUT2D eigenvalue weighted by Gasteiger charge is -2.28. The number of fused-ring (bicyclic) bond motifs is 1. The monoisotopic (exact) mass is 313 g/mol. The summed E-state index contributed by atoms with van der Waals surface area (Å²) in [4.78, 5) is 16.6. The van der Waals surface area contributed by atoms with Crippen molar-refractivity contribution in [2.24, 2.45) is 11.1 Å². The Morgan fingerprint density at radius 1 is 1.40 bits per heavy atom. The zero-order valence-electron chi connectivity index (χ0n) is 11.7. The van der Waals surface area contributed by atoms with Gasteiger partial charge >= 0.3 is 0 Å². The number of benzene rings is 1. The highest BCUT2D eigenvalue weighted by molar-refractivity contribution is 7.16. The molecule has 20 heavy (non-hydrogen) atoms. The summed E-state index contributed by atoms with van der Waals surface area (Å²) in [7, 11) is 0. The number of nitrogens with zero attached hydrogens (tertiary/aromatic N) is 1. The van der Waals surface area contributed by atoms with E-state index in [1.165, 1.54) is 0 Å². The van der Waals surface area contributed by atoms with Crippen molar-refractivity contribution in [3.63, 3.8) is 0 Å². The Bertz CT molecular complexity index is 572. The number of carbonyl (C=O) groups excluding carboxylic acids is 1. The van der Waals surface area contributed by atoms with Crippen LogP contribution in [0.1, 0.15) is 26.7 Å². The highest BCUT2D eigenvalue weighted by Crippen LogP contribution is 2.28. The predicted octanol–water partition coefficient (Wildman–Crippen LogP) is 3.42. The van der Waals surface area contributed by atoms with E-state index in [0.29, 0.717) is 6.54 Å². The van der Waals surface area contributed by atoms with Gasteiger partial charge < -0.3 is 11.1 Å². The first kappa shape index (κ1) is 16.9. The van der Waals surface area contributed by atoms with Gasteiger partial charge in [0.25, 0.3) is 0 Å². The van der Waals surface area contributed by atoms with E-state index in [9.17, 15) is 4.79 Å². The quantitative estimate of drug-likeness (QED) is 0.888. The lowest BCUT2D eigenvalue weighted by Crippen LogP contribution is -2.41. The van der Waals surface area contributed by atoms with Crippen LogP contribution in [-0.2, 0) is 4.79 Å². The number of amides is 1. The maximum atomic E-state index is 12.4. The molecule has 1 amide bonds. The van der Waals surface area contributed by atoms with Crippen molar-refractivity contribution in [3.05, 3.63) is 23.7 Å². The molecule has 0 unspecified atom stereocenters. The summed E-state index contributed by atoms with van der Waals surface area (Å²) >= 11 is 1.57. The molecular weight excluding hydrogens is 294 g/mol. The summed E-state index contributed by atoms with van der Waals surface area (Å²) in [5, 5.41) is 2.98. The van der Waals surface area contributed by atoms with E-state index >= 15 is 0 Å². The van der Waals surface area contributed by atoms with Gasteiger partial charge in [0, 0.05) is 12.2 Å². The van der Waals surface area contributed by atoms with Crippen molar-refractivity contribution in [2.75, 3.05) is 11.9 Å². The van der Waals surface area contributed by atoms with E-state index in [4.69, 9.17) is 5.73 Å². The molecule has 2 aromatic rings. The third kappa shape index (κ3) is 3.11. The second-order valence-corrected chi connectivity index (χ2v) is 5.57. The topological polar surface area (TPSA) is 68.0 Å². The van der Waals surface area contributed by atoms with E-state index in [0.717, 1.165) is 28.7 Å². The number of anilines is 1. The van der Waals surface area contributed by atoms with Gasteiger partial charge in [-0.2, -0.15) is 0 Å². The highest BCUT2D eigenvalue weighted by Gasteiger charge is 2.33. The first-order valence-electron chi connectivity index (χ1n) is 6.50. The fourth-order valence-corrected chi connectivity index (χ4v) is 2.87. The average molecular weight is 314 g/mol. The highest BCUT2D eigenvalue weighted by atomic mass is 35.5. The van der Waals surface area contributed by atoms with Crippen LogP contribution in [0.25, 0.3) is 10.2 Å². The zero-order valence-corrected chi connectivity index (χ0v) is 13.3. The van der Waals surface area contributed by atoms with Gasteiger partial charge in [-0.25, -0.2) is 4.98 Å². The van der Waals surface area contributed by atoms with Crippen LogP contribution in [0, 0.1) is 5.41 Å². The molecule has 2 rings (SSSR count). The maximum Gasteiger partial charge on any atom is 0.231 e. The van der Waals surface area contributed by atoms with Gasteiger partial charge in [-0.15, -0.1) is 23.7 Å². The zero-order chi connectivity index (χ0) is 13.9. The minimum Gasteiger partial charge on any atom is -0.329 e. The van der Waals surface area contributed by atoms with E-state index in [-0.39, 0.29) is 18.3 Å². The lowest BCUT2D eigenvalue weighted by molar-refractivity contribution is -0.125. The molecule has 6 heteroatoms. The van der Waals surface area contributed by atoms with Crippen molar-refractivity contribution < 1.29 is 4.79 Å². The van der Waals surface area contributed by atoms with Gasteiger partial charge in [0.15, 0.2) is 0 Å². The first-order valence-corrected chi connectivity index (χ1v) is 7.38. The fourth-order valence-electron chi connectivity index (χ4n) is 2.15. The Balaban J connectivity index is 0.00000200. The molecule has 0 spiro atoms. The number of carbonyl (C=O) groups is 1. The minimum absolute atomic E-state index is 0. The minimum atomic E-state index is -0.470. The average Bonchev–Trinajstić information content (AvgIpc) is 2.89. The van der Waals surface area contributed by atoms with E-state index in [2.05, 4.69) is 10.3 Å². The van der Waals surface area contributed by atoms with Crippen molar-refractivity contribution in [2.45, 2.75) is 26.7 Å². The molecule has 0 saturated heterocycles. The summed E-state index contributed by atoms with van der Waals surface area (Å²) in [5.74, 6) is 0.00358. The van der Waals surface area contributed by atoms with Gasteiger partial charge in [0.2, 0.25) is 5.91 Å². The SMILES string of the molecule is CCC(CC)(CN)C(=O)Nc1ccc2ncsc2c1.Cl. The van der Waals surface area contributed by atoms with Crippen LogP contribution in [-0.4, -0.2) is 17.4 Å². The van der Waals surface area contributed by atoms with Crippen LogP contribution < -0.4 is 11.1 Å². The van der Waals surface area contributed by atoms with Gasteiger partial charge in [-0.05, 0) is 31.0 Å². The molecule has 0 bridgehead atoms. The summed E-state index contributed by atoms with van der Waals surface area (Å²) in [5.41, 5.74) is 8.89. The maximum absolute atomic E-state index is 12.4. The van der Waals surface area contributed by atoms with Crippen LogP contribution >= 0.6 is 23.7 Å². The molecule has 3 N–H and O–H groups in total. The predicted molar refractivity (Wildman–Crippen MR) is 87.6 cm³/mol. The molecule has 1 aromatic carbocycles. The molecule has 1 aromatic heterocycles. The Hall–Kier alpha value is -1.17. The molecular formula is C14H20ClN3OS. The number of halogens is 1. The fraction of sp³-hybridized carbons (Fsp3) is 0.429. The second-order valence-electron chi connectivity index (χ2n) is 4.68. The standard InChI is InChI=1S/C14H19N3OS.ClH/c1-3-14(4-2,8-15)13(18)17-10-5-6-11-12(7-10)19-9-16-11;/h5-7,9H,3-4,8,15H2,1-2H3,(H,17,18);1H. The summed E-state index contributed by atoms with van der Waals surface area (Å²) in [6, 6.07) is 5.76. The largest absolute Gasteiger partial charge is 0.329 e. The van der Waals surface area contributed by atoms with Crippen molar-refractivity contribution in [1.29, 1.82) is 0 Å². The second kappa shape index (κ2) is 7.02. The van der Waals surface area contributed by atoms with Gasteiger partial charge in [-0.3, -0.25) is 4.79 Å². The van der Waals surface area contributed by atoms with Crippen molar-refractivity contribution in [1.82, 2.24) is 4.98 Å². The van der Waals surface area contributed by atoms with E-state index in [1.54, 1.807) is 16.8 Å². The van der Waals surface area contributed by atoms with Crippen LogP contribution in [0.4, 0.5) is 5.69 Å². The van der Waals surface area contributed by atoms with E-state index in [1.807, 2.05) is 32.0 Å². The molecule has 110 valence electrons. The van der Waals surface area contributed by atoms with Crippen LogP contribution in [0.5, 0.6) is 0 Å². The normalized spacial score (nSPS) is 11.2. The third-order valence-corrected chi connectivity index (χ3v) is 4.61. The molecule has 0 aliphatic rings. The molecule has 0 aliphatic carbocycles. The molecule has 0 atom stereocenters. The number of hydrogen-bond acceptors (Lipinski definition) is 4. The van der Waals surface area contributed by atoms with Crippen molar-refractivity contribution >= 4 is 45.6 Å². The van der Waals surface area contributed by atoms with Gasteiger partial charge in [0.05, 0.1) is 21.1 Å². The van der Waals surface area contributed by atoms with Crippen LogP contribution in [0.3, 0.4) is 0 Å². The number of thiazole rings is 1. The molecule has 4 nitrogen and oxygen atoms in total. The lowest BCUT2D eigenvalue weighted by atomic mass is 9.81. The first-order chi connectivity index (χ1) is 9.15. The molecule has 0 fully saturated rings. The van der Waals surface area contributed by atoms with Crippen LogP contribution in [0.15, 0.2) is 23.7 Å². The Morgan fingerprint density at radius 3 is 2.70 bits per heavy atom. The van der Waals surface area contributed by atoms with Gasteiger partial charge in [-0.1, -0.05) is 13.8 Å². The van der Waals surface area contributed by atoms with Crippen molar-refractivity contribution in [3.8, 4) is 0 Å². The summed E-state index contributed by atoms with van der Waals surface area (Å²) in [6.07, 6.45) is 1.49. The smallest absolute Gasteiger partial charge is 0.231 e. The number of hydrogen-bond donors (Lipinski definition) is 2. The number of aromatic nitrogens is 1. The summed E-state index contributed by atoms with van der Waals surface area (Å²) in [6.45, 7) is 4.37. The summed E-state index contributed by atoms with van der Waals surface area (Å²) < 4.78 is 1.07. The van der Waals surface area contributed by atoms with Crippen LogP contribution in [0.2, 0.25) is 0 Å². The van der Waals surface area contributed by atoms with E-state index < -0.39 is 5.41 Å². The Morgan fingerprint density at radius 2 is 2.10 bits per heavy atom. The molecule has 1 heterocycles. The van der Waals surface area contributed by atoms with Gasteiger partial charge in [0.1, 0.15) is 0 Å². The Labute approximate surface area is 129 Å². The number of nitrogens with one attached hydrogen (secondary N) is 1. The third-order valence-electron chi connectivity index (χ3n) is 3.82.